The van der Waals surface area contributed by atoms with Crippen LogP contribution in [0.3, 0.4) is 0 Å². The van der Waals surface area contributed by atoms with Gasteiger partial charge in [0.15, 0.2) is 0 Å². The molecule has 0 radical (unpaired) electrons. The van der Waals surface area contributed by atoms with Gasteiger partial charge in [0.05, 0.1) is 10.6 Å². The Kier molecular flexibility index (Phi) is 6.97. The van der Waals surface area contributed by atoms with Crippen molar-refractivity contribution in [3.8, 4) is 0 Å². The van der Waals surface area contributed by atoms with Crippen LogP contribution in [0.2, 0.25) is 0 Å². The Labute approximate surface area is 178 Å². The number of halogens is 1. The Morgan fingerprint density at radius 1 is 1.21 bits per heavy atom. The second-order valence-corrected chi connectivity index (χ2v) is 9.06. The van der Waals surface area contributed by atoms with Gasteiger partial charge in [-0.3, -0.25) is 14.5 Å². The van der Waals surface area contributed by atoms with Gasteiger partial charge in [-0.2, -0.15) is 0 Å². The van der Waals surface area contributed by atoms with Crippen LogP contribution in [0.4, 0.5) is 5.69 Å². The van der Waals surface area contributed by atoms with E-state index in [1.165, 1.54) is 11.8 Å². The summed E-state index contributed by atoms with van der Waals surface area (Å²) in [5, 5.41) is 2.92. The molecule has 4 nitrogen and oxygen atoms in total. The maximum absolute atomic E-state index is 13.1. The fraction of sp³-hybridized carbons (Fsp3) is 0.273. The molecule has 1 aliphatic rings. The molecule has 146 valence electrons. The van der Waals surface area contributed by atoms with Crippen molar-refractivity contribution in [3.63, 3.8) is 0 Å². The summed E-state index contributed by atoms with van der Waals surface area (Å²) in [5.41, 5.74) is 1.72. The van der Waals surface area contributed by atoms with E-state index in [1.807, 2.05) is 54.6 Å². The van der Waals surface area contributed by atoms with E-state index in [2.05, 4.69) is 35.1 Å². The number of nitrogens with zero attached hydrogens (tertiary/aromatic N) is 1. The number of benzene rings is 2. The number of hydrogen-bond donors (Lipinski definition) is 1. The molecule has 2 aromatic carbocycles. The van der Waals surface area contributed by atoms with Crippen LogP contribution in [0.25, 0.3) is 6.08 Å². The Morgan fingerprint density at radius 2 is 2.00 bits per heavy atom. The smallest absolute Gasteiger partial charge is 0.265 e. The first-order chi connectivity index (χ1) is 13.4. The van der Waals surface area contributed by atoms with Crippen molar-refractivity contribution in [2.75, 3.05) is 18.0 Å². The first-order valence-corrected chi connectivity index (χ1v) is 10.9. The van der Waals surface area contributed by atoms with Gasteiger partial charge in [0.2, 0.25) is 5.91 Å². The molecule has 1 aliphatic heterocycles. The van der Waals surface area contributed by atoms with Crippen LogP contribution in [-0.2, 0) is 9.59 Å². The quantitative estimate of drug-likeness (QED) is 0.613. The lowest BCUT2D eigenvalue weighted by Crippen LogP contribution is -2.43. The highest BCUT2D eigenvalue weighted by Crippen LogP contribution is 2.41. The van der Waals surface area contributed by atoms with Crippen molar-refractivity contribution in [1.29, 1.82) is 0 Å². The number of hydrogen-bond acceptors (Lipinski definition) is 3. The normalized spacial score (nSPS) is 15.1. The third-order valence-electron chi connectivity index (χ3n) is 4.32. The van der Waals surface area contributed by atoms with E-state index in [9.17, 15) is 9.59 Å². The third-order valence-corrected chi connectivity index (χ3v) is 5.89. The Balaban J connectivity index is 1.84. The SMILES string of the molecule is CC(C)CCNC(=O)CN1C(=O)/C(=C\c2cccc(Br)c2)Sc2ccccc21. The molecule has 6 heteroatoms. The number of carbonyl (C=O) groups excluding carboxylic acids is 2. The molecule has 0 saturated carbocycles. The Morgan fingerprint density at radius 3 is 2.75 bits per heavy atom. The van der Waals surface area contributed by atoms with Crippen molar-refractivity contribution < 1.29 is 9.59 Å². The van der Waals surface area contributed by atoms with E-state index in [4.69, 9.17) is 0 Å². The fourth-order valence-electron chi connectivity index (χ4n) is 2.87. The van der Waals surface area contributed by atoms with Crippen LogP contribution in [0.5, 0.6) is 0 Å². The molecule has 0 saturated heterocycles. The number of rotatable bonds is 6. The molecular weight excluding hydrogens is 436 g/mol. The Hall–Kier alpha value is -2.05. The third kappa shape index (κ3) is 5.26. The predicted octanol–water partition coefficient (Wildman–Crippen LogP) is 5.09. The van der Waals surface area contributed by atoms with Gasteiger partial charge in [0.1, 0.15) is 6.54 Å². The lowest BCUT2D eigenvalue weighted by atomic mass is 10.1. The minimum absolute atomic E-state index is 0.0182. The van der Waals surface area contributed by atoms with Gasteiger partial charge in [-0.15, -0.1) is 0 Å². The summed E-state index contributed by atoms with van der Waals surface area (Å²) in [4.78, 5) is 28.7. The van der Waals surface area contributed by atoms with Gasteiger partial charge in [-0.25, -0.2) is 0 Å². The van der Waals surface area contributed by atoms with Crippen LogP contribution in [0, 0.1) is 5.92 Å². The largest absolute Gasteiger partial charge is 0.355 e. The summed E-state index contributed by atoms with van der Waals surface area (Å²) < 4.78 is 0.955. The molecule has 1 N–H and O–H groups in total. The number of thioether (sulfide) groups is 1. The predicted molar refractivity (Wildman–Crippen MR) is 119 cm³/mol. The van der Waals surface area contributed by atoms with Crippen LogP contribution in [0.15, 0.2) is 62.8 Å². The van der Waals surface area contributed by atoms with Crippen LogP contribution >= 0.6 is 27.7 Å². The van der Waals surface area contributed by atoms with Gasteiger partial charge in [0.25, 0.3) is 5.91 Å². The van der Waals surface area contributed by atoms with Crippen molar-refractivity contribution in [2.45, 2.75) is 25.2 Å². The van der Waals surface area contributed by atoms with E-state index in [-0.39, 0.29) is 18.4 Å². The molecule has 2 amide bonds. The van der Waals surface area contributed by atoms with Crippen molar-refractivity contribution in [1.82, 2.24) is 5.32 Å². The fourth-order valence-corrected chi connectivity index (χ4v) is 4.34. The summed E-state index contributed by atoms with van der Waals surface area (Å²) in [6.45, 7) is 4.87. The minimum Gasteiger partial charge on any atom is -0.355 e. The monoisotopic (exact) mass is 458 g/mol. The zero-order valence-electron chi connectivity index (χ0n) is 15.9. The molecule has 3 rings (SSSR count). The van der Waals surface area contributed by atoms with Crippen LogP contribution in [0.1, 0.15) is 25.8 Å². The van der Waals surface area contributed by atoms with E-state index in [0.29, 0.717) is 17.4 Å². The molecule has 0 unspecified atom stereocenters. The topological polar surface area (TPSA) is 49.4 Å². The highest BCUT2D eigenvalue weighted by atomic mass is 79.9. The summed E-state index contributed by atoms with van der Waals surface area (Å²) in [6.07, 6.45) is 2.79. The summed E-state index contributed by atoms with van der Waals surface area (Å²) in [6, 6.07) is 15.5. The van der Waals surface area contributed by atoms with Crippen LogP contribution < -0.4 is 10.2 Å². The lowest BCUT2D eigenvalue weighted by Gasteiger charge is -2.29. The van der Waals surface area contributed by atoms with Crippen molar-refractivity contribution in [3.05, 3.63) is 63.5 Å². The molecule has 0 aliphatic carbocycles. The zero-order valence-corrected chi connectivity index (χ0v) is 18.3. The summed E-state index contributed by atoms with van der Waals surface area (Å²) in [5.74, 6) is 0.231. The minimum atomic E-state index is -0.150. The zero-order chi connectivity index (χ0) is 20.1. The molecule has 0 bridgehead atoms. The van der Waals surface area contributed by atoms with Gasteiger partial charge in [-0.05, 0) is 48.2 Å². The molecule has 0 atom stereocenters. The molecule has 2 aromatic rings. The Bertz CT molecular complexity index is 911. The molecule has 0 spiro atoms. The molecule has 28 heavy (non-hydrogen) atoms. The molecule has 0 fully saturated rings. The maximum atomic E-state index is 13.1. The maximum Gasteiger partial charge on any atom is 0.265 e. The average Bonchev–Trinajstić information content (AvgIpc) is 2.65. The van der Waals surface area contributed by atoms with Gasteiger partial charge < -0.3 is 5.32 Å². The number of carbonyl (C=O) groups is 2. The number of nitrogens with one attached hydrogen (secondary N) is 1. The highest BCUT2D eigenvalue weighted by molar-refractivity contribution is 9.10. The number of para-hydroxylation sites is 1. The number of fused-ring (bicyclic) bond motifs is 1. The van der Waals surface area contributed by atoms with Gasteiger partial charge in [0, 0.05) is 15.9 Å². The second-order valence-electron chi connectivity index (χ2n) is 7.06. The molecule has 0 aromatic heterocycles. The van der Waals surface area contributed by atoms with E-state index >= 15 is 0 Å². The first kappa shape index (κ1) is 20.7. The van der Waals surface area contributed by atoms with Crippen molar-refractivity contribution in [2.24, 2.45) is 5.92 Å². The number of anilines is 1. The summed E-state index contributed by atoms with van der Waals surface area (Å²) >= 11 is 4.90. The van der Waals surface area contributed by atoms with Crippen molar-refractivity contribution >= 4 is 51.3 Å². The summed E-state index contributed by atoms with van der Waals surface area (Å²) in [7, 11) is 0. The highest BCUT2D eigenvalue weighted by Gasteiger charge is 2.30. The lowest BCUT2D eigenvalue weighted by molar-refractivity contribution is -0.122. The average molecular weight is 459 g/mol. The second kappa shape index (κ2) is 9.43. The van der Waals surface area contributed by atoms with E-state index in [1.54, 1.807) is 4.90 Å². The van der Waals surface area contributed by atoms with E-state index in [0.717, 1.165) is 27.0 Å². The van der Waals surface area contributed by atoms with Gasteiger partial charge >= 0.3 is 0 Å². The van der Waals surface area contributed by atoms with E-state index < -0.39 is 0 Å². The first-order valence-electron chi connectivity index (χ1n) is 9.27. The standard InChI is InChI=1S/C22H23BrN2O2S/c1-15(2)10-11-24-21(26)14-25-18-8-3-4-9-19(18)28-20(22(25)27)13-16-6-5-7-17(23)12-16/h3-9,12-13,15H,10-11,14H2,1-2H3,(H,24,26)/b20-13+. The molecule has 1 heterocycles. The van der Waals surface area contributed by atoms with Crippen LogP contribution in [-0.4, -0.2) is 24.9 Å². The molecular formula is C22H23BrN2O2S. The number of amides is 2. The van der Waals surface area contributed by atoms with Gasteiger partial charge in [-0.1, -0.05) is 65.8 Å².